The Morgan fingerprint density at radius 2 is 2.24 bits per heavy atom. The molecule has 2 heteroatoms. The van der Waals surface area contributed by atoms with Crippen LogP contribution in [0.2, 0.25) is 0 Å². The molecule has 0 saturated heterocycles. The molecule has 0 amide bonds. The first-order valence-electron chi connectivity index (χ1n) is 6.85. The smallest absolute Gasteiger partial charge is 0.117 e. The average Bonchev–Trinajstić information content (AvgIpc) is 2.79. The van der Waals surface area contributed by atoms with Crippen molar-refractivity contribution in [1.82, 2.24) is 5.32 Å². The van der Waals surface area contributed by atoms with Crippen molar-refractivity contribution >= 4 is 0 Å². The Kier molecular flexibility index (Phi) is 2.58. The summed E-state index contributed by atoms with van der Waals surface area (Å²) in [7, 11) is 0. The van der Waals surface area contributed by atoms with Crippen molar-refractivity contribution in [3.05, 3.63) is 24.2 Å². The quantitative estimate of drug-likeness (QED) is 0.865. The second-order valence-electron chi connectivity index (χ2n) is 6.52. The summed E-state index contributed by atoms with van der Waals surface area (Å²) in [5.74, 6) is 3.69. The number of nitrogens with one attached hydrogen (secondary N) is 1. The number of hydrogen-bond acceptors (Lipinski definition) is 2. The molecule has 3 aliphatic carbocycles. The van der Waals surface area contributed by atoms with Gasteiger partial charge in [0.25, 0.3) is 0 Å². The standard InChI is InChI=1S/C15H23NO/c1-10-13-7-11(15(13,2)3)8-14(10)16-9-12-5-4-6-17-12/h4-6,10-11,13-14,16H,7-9H2,1-3H3/t10-,11-,13-,14-/m1/s1. The maximum atomic E-state index is 5.38. The Hall–Kier alpha value is -0.760. The summed E-state index contributed by atoms with van der Waals surface area (Å²) in [6.07, 6.45) is 4.54. The Bertz CT molecular complexity index is 382. The van der Waals surface area contributed by atoms with Crippen molar-refractivity contribution in [2.45, 2.75) is 46.2 Å². The van der Waals surface area contributed by atoms with Crippen LogP contribution in [-0.2, 0) is 6.54 Å². The van der Waals surface area contributed by atoms with Gasteiger partial charge in [-0.05, 0) is 48.1 Å². The predicted octanol–water partition coefficient (Wildman–Crippen LogP) is 3.44. The lowest BCUT2D eigenvalue weighted by Gasteiger charge is -2.62. The molecule has 1 aromatic rings. The Morgan fingerprint density at radius 3 is 2.82 bits per heavy atom. The van der Waals surface area contributed by atoms with E-state index >= 15 is 0 Å². The number of hydrogen-bond donors (Lipinski definition) is 1. The normalized spacial score (nSPS) is 38.8. The van der Waals surface area contributed by atoms with E-state index in [1.807, 2.05) is 12.1 Å². The van der Waals surface area contributed by atoms with Gasteiger partial charge in [0.15, 0.2) is 0 Å². The first-order chi connectivity index (χ1) is 8.09. The van der Waals surface area contributed by atoms with Crippen LogP contribution < -0.4 is 5.32 Å². The van der Waals surface area contributed by atoms with Crippen LogP contribution in [0.5, 0.6) is 0 Å². The van der Waals surface area contributed by atoms with Crippen LogP contribution in [0.3, 0.4) is 0 Å². The molecule has 3 saturated carbocycles. The fourth-order valence-electron chi connectivity index (χ4n) is 4.06. The zero-order valence-electron chi connectivity index (χ0n) is 11.1. The second kappa shape index (κ2) is 3.88. The lowest BCUT2D eigenvalue weighted by atomic mass is 9.45. The minimum atomic E-state index is 0.586. The molecule has 1 heterocycles. The van der Waals surface area contributed by atoms with Gasteiger partial charge >= 0.3 is 0 Å². The Morgan fingerprint density at radius 1 is 1.41 bits per heavy atom. The summed E-state index contributed by atoms with van der Waals surface area (Å²) in [6.45, 7) is 8.19. The third kappa shape index (κ3) is 1.74. The fourth-order valence-corrected chi connectivity index (χ4v) is 4.06. The summed E-state index contributed by atoms with van der Waals surface area (Å²) >= 11 is 0. The molecule has 0 aliphatic heterocycles. The van der Waals surface area contributed by atoms with E-state index in [2.05, 4.69) is 26.1 Å². The van der Waals surface area contributed by atoms with E-state index < -0.39 is 0 Å². The van der Waals surface area contributed by atoms with Crippen LogP contribution in [0.1, 0.15) is 39.4 Å². The second-order valence-corrected chi connectivity index (χ2v) is 6.52. The van der Waals surface area contributed by atoms with Gasteiger partial charge in [0.1, 0.15) is 5.76 Å². The molecule has 3 fully saturated rings. The third-order valence-corrected chi connectivity index (χ3v) is 5.47. The van der Waals surface area contributed by atoms with E-state index in [1.165, 1.54) is 12.8 Å². The minimum Gasteiger partial charge on any atom is -0.468 e. The van der Waals surface area contributed by atoms with Crippen molar-refractivity contribution in [1.29, 1.82) is 0 Å². The third-order valence-electron chi connectivity index (χ3n) is 5.47. The highest BCUT2D eigenvalue weighted by molar-refractivity contribution is 5.07. The predicted molar refractivity (Wildman–Crippen MR) is 68.5 cm³/mol. The molecule has 1 aromatic heterocycles. The lowest BCUT2D eigenvalue weighted by molar-refractivity contribution is -0.115. The zero-order chi connectivity index (χ0) is 12.0. The molecule has 3 aliphatic rings. The number of rotatable bonds is 3. The van der Waals surface area contributed by atoms with E-state index in [0.29, 0.717) is 11.5 Å². The Labute approximate surface area is 104 Å². The number of fused-ring (bicyclic) bond motifs is 2. The first-order valence-corrected chi connectivity index (χ1v) is 6.85. The summed E-state index contributed by atoms with van der Waals surface area (Å²) in [5.41, 5.74) is 0.586. The molecule has 4 rings (SSSR count). The molecule has 1 N–H and O–H groups in total. The summed E-state index contributed by atoms with van der Waals surface area (Å²) in [5, 5.41) is 3.68. The van der Waals surface area contributed by atoms with Crippen LogP contribution in [0.25, 0.3) is 0 Å². The SMILES string of the molecule is C[C@@H]1[C@H]2C[C@H](C[C@H]1NCc1ccco1)C2(C)C. The van der Waals surface area contributed by atoms with Crippen molar-refractivity contribution in [3.8, 4) is 0 Å². The van der Waals surface area contributed by atoms with Crippen LogP contribution >= 0.6 is 0 Å². The lowest BCUT2D eigenvalue weighted by Crippen LogP contribution is -2.59. The van der Waals surface area contributed by atoms with Gasteiger partial charge in [-0.2, -0.15) is 0 Å². The van der Waals surface area contributed by atoms with Gasteiger partial charge in [0, 0.05) is 6.04 Å². The maximum absolute atomic E-state index is 5.38. The molecule has 17 heavy (non-hydrogen) atoms. The molecule has 0 radical (unpaired) electrons. The monoisotopic (exact) mass is 233 g/mol. The van der Waals surface area contributed by atoms with Crippen LogP contribution in [0.15, 0.2) is 22.8 Å². The van der Waals surface area contributed by atoms with Gasteiger partial charge in [-0.1, -0.05) is 20.8 Å². The maximum Gasteiger partial charge on any atom is 0.117 e. The summed E-state index contributed by atoms with van der Waals surface area (Å²) < 4.78 is 5.38. The van der Waals surface area contributed by atoms with Crippen molar-refractivity contribution in [2.75, 3.05) is 0 Å². The molecule has 4 atom stereocenters. The van der Waals surface area contributed by atoms with E-state index in [0.717, 1.165) is 30.1 Å². The largest absolute Gasteiger partial charge is 0.468 e. The van der Waals surface area contributed by atoms with Gasteiger partial charge in [-0.15, -0.1) is 0 Å². The van der Waals surface area contributed by atoms with Gasteiger partial charge < -0.3 is 9.73 Å². The summed E-state index contributed by atoms with van der Waals surface area (Å²) in [6, 6.07) is 4.68. The van der Waals surface area contributed by atoms with Crippen LogP contribution in [0, 0.1) is 23.2 Å². The number of furan rings is 1. The van der Waals surface area contributed by atoms with Crippen LogP contribution in [0.4, 0.5) is 0 Å². The van der Waals surface area contributed by atoms with Gasteiger partial charge in [0.05, 0.1) is 12.8 Å². The van der Waals surface area contributed by atoms with Crippen LogP contribution in [-0.4, -0.2) is 6.04 Å². The van der Waals surface area contributed by atoms with E-state index in [1.54, 1.807) is 6.26 Å². The molecule has 94 valence electrons. The van der Waals surface area contributed by atoms with Crippen molar-refractivity contribution < 1.29 is 4.42 Å². The average molecular weight is 233 g/mol. The first kappa shape index (κ1) is 11.3. The van der Waals surface area contributed by atoms with E-state index in [-0.39, 0.29) is 0 Å². The molecular weight excluding hydrogens is 210 g/mol. The van der Waals surface area contributed by atoms with Gasteiger partial charge in [-0.3, -0.25) is 0 Å². The van der Waals surface area contributed by atoms with E-state index in [4.69, 9.17) is 4.42 Å². The van der Waals surface area contributed by atoms with E-state index in [9.17, 15) is 0 Å². The molecule has 0 spiro atoms. The molecule has 2 bridgehead atoms. The molecule has 0 unspecified atom stereocenters. The summed E-state index contributed by atoms with van der Waals surface area (Å²) in [4.78, 5) is 0. The molecule has 2 nitrogen and oxygen atoms in total. The van der Waals surface area contributed by atoms with Gasteiger partial charge in [-0.25, -0.2) is 0 Å². The highest BCUT2D eigenvalue weighted by Crippen LogP contribution is 2.61. The van der Waals surface area contributed by atoms with Crippen molar-refractivity contribution in [2.24, 2.45) is 23.2 Å². The Balaban J connectivity index is 1.60. The highest BCUT2D eigenvalue weighted by atomic mass is 16.3. The minimum absolute atomic E-state index is 0.586. The fraction of sp³-hybridized carbons (Fsp3) is 0.733. The highest BCUT2D eigenvalue weighted by Gasteiger charge is 2.55. The zero-order valence-corrected chi connectivity index (χ0v) is 11.1. The topological polar surface area (TPSA) is 25.2 Å². The van der Waals surface area contributed by atoms with Crippen molar-refractivity contribution in [3.63, 3.8) is 0 Å². The molecular formula is C15H23NO. The van der Waals surface area contributed by atoms with Gasteiger partial charge in [0.2, 0.25) is 0 Å². The molecule has 0 aromatic carbocycles.